The van der Waals surface area contributed by atoms with Gasteiger partial charge in [0.15, 0.2) is 11.5 Å². The molecule has 0 radical (unpaired) electrons. The SMILES string of the molecule is C1COCCN1.CCn1c(-c2n[nH]cc2NC(=O)NC2CC2)nc2ccccc21. The van der Waals surface area contributed by atoms with Gasteiger partial charge in [-0.1, -0.05) is 12.1 Å². The molecule has 9 heteroatoms. The van der Waals surface area contributed by atoms with Crippen molar-refractivity contribution in [2.45, 2.75) is 32.4 Å². The lowest BCUT2D eigenvalue weighted by Crippen LogP contribution is -2.30. The summed E-state index contributed by atoms with van der Waals surface area (Å²) in [4.78, 5) is 16.7. The number of morpholine rings is 1. The summed E-state index contributed by atoms with van der Waals surface area (Å²) < 4.78 is 7.10. The second kappa shape index (κ2) is 9.06. The van der Waals surface area contributed by atoms with Crippen LogP contribution < -0.4 is 16.0 Å². The average Bonchev–Trinajstić information content (AvgIpc) is 3.32. The zero-order valence-corrected chi connectivity index (χ0v) is 16.6. The molecule has 0 unspecified atom stereocenters. The second-order valence-electron chi connectivity index (χ2n) is 7.05. The van der Waals surface area contributed by atoms with E-state index < -0.39 is 0 Å². The van der Waals surface area contributed by atoms with Crippen molar-refractivity contribution < 1.29 is 9.53 Å². The number of H-pyrrole nitrogens is 1. The van der Waals surface area contributed by atoms with Crippen LogP contribution in [0.15, 0.2) is 30.5 Å². The first-order valence-electron chi connectivity index (χ1n) is 10.1. The van der Waals surface area contributed by atoms with Crippen LogP contribution in [0.1, 0.15) is 19.8 Å². The number of nitrogens with one attached hydrogen (secondary N) is 4. The Bertz CT molecular complexity index is 945. The molecule has 1 aliphatic carbocycles. The van der Waals surface area contributed by atoms with Crippen LogP contribution in [0.3, 0.4) is 0 Å². The van der Waals surface area contributed by atoms with Gasteiger partial charge >= 0.3 is 6.03 Å². The summed E-state index contributed by atoms with van der Waals surface area (Å²) in [5, 5.41) is 16.0. The summed E-state index contributed by atoms with van der Waals surface area (Å²) in [5.74, 6) is 0.747. The molecule has 4 N–H and O–H groups in total. The number of imidazole rings is 1. The van der Waals surface area contributed by atoms with E-state index in [1.54, 1.807) is 6.20 Å². The van der Waals surface area contributed by atoms with Crippen molar-refractivity contribution in [2.24, 2.45) is 0 Å². The van der Waals surface area contributed by atoms with Crippen molar-refractivity contribution in [1.82, 2.24) is 30.4 Å². The lowest BCUT2D eigenvalue weighted by molar-refractivity contribution is 0.109. The van der Waals surface area contributed by atoms with Crippen molar-refractivity contribution in [3.8, 4) is 11.5 Å². The number of hydrogen-bond acceptors (Lipinski definition) is 5. The van der Waals surface area contributed by atoms with Gasteiger partial charge in [0.2, 0.25) is 0 Å². The van der Waals surface area contributed by atoms with Crippen LogP contribution in [0.4, 0.5) is 10.5 Å². The lowest BCUT2D eigenvalue weighted by Gasteiger charge is -2.10. The number of fused-ring (bicyclic) bond motifs is 1. The number of aromatic amines is 1. The number of carbonyl (C=O) groups is 1. The average molecular weight is 397 g/mol. The van der Waals surface area contributed by atoms with E-state index in [1.807, 2.05) is 24.3 Å². The Morgan fingerprint density at radius 2 is 2.07 bits per heavy atom. The van der Waals surface area contributed by atoms with Gasteiger partial charge in [-0.15, -0.1) is 0 Å². The van der Waals surface area contributed by atoms with Gasteiger partial charge in [-0.2, -0.15) is 5.10 Å². The van der Waals surface area contributed by atoms with Gasteiger partial charge in [0.1, 0.15) is 0 Å². The van der Waals surface area contributed by atoms with Crippen molar-refractivity contribution in [2.75, 3.05) is 31.6 Å². The van der Waals surface area contributed by atoms with E-state index in [0.29, 0.717) is 17.4 Å². The van der Waals surface area contributed by atoms with Crippen LogP contribution in [-0.2, 0) is 11.3 Å². The lowest BCUT2D eigenvalue weighted by atomic mass is 10.3. The Morgan fingerprint density at radius 1 is 1.28 bits per heavy atom. The van der Waals surface area contributed by atoms with Gasteiger partial charge in [-0.25, -0.2) is 9.78 Å². The highest BCUT2D eigenvalue weighted by Crippen LogP contribution is 2.28. The number of carbonyl (C=O) groups excluding carboxylic acids is 1. The number of hydrogen-bond donors (Lipinski definition) is 4. The van der Waals surface area contributed by atoms with Gasteiger partial charge in [0, 0.05) is 31.9 Å². The Hall–Kier alpha value is -2.91. The first-order chi connectivity index (χ1) is 14.3. The molecule has 1 saturated heterocycles. The third-order valence-electron chi connectivity index (χ3n) is 4.83. The zero-order chi connectivity index (χ0) is 20.1. The molecule has 2 aliphatic rings. The Labute approximate surface area is 169 Å². The highest BCUT2D eigenvalue weighted by atomic mass is 16.5. The maximum Gasteiger partial charge on any atom is 0.319 e. The smallest absolute Gasteiger partial charge is 0.319 e. The second-order valence-corrected chi connectivity index (χ2v) is 7.05. The fraction of sp³-hybridized carbons (Fsp3) is 0.450. The number of para-hydroxylation sites is 2. The number of amides is 2. The maximum absolute atomic E-state index is 12.0. The molecule has 1 aromatic carbocycles. The van der Waals surface area contributed by atoms with Gasteiger partial charge < -0.3 is 25.3 Å². The molecule has 2 aromatic heterocycles. The molecule has 2 amide bonds. The number of benzene rings is 1. The Balaban J connectivity index is 0.000000294. The molecule has 1 saturated carbocycles. The quantitative estimate of drug-likeness (QED) is 0.540. The molecule has 9 nitrogen and oxygen atoms in total. The first kappa shape index (κ1) is 19.4. The largest absolute Gasteiger partial charge is 0.379 e. The Kier molecular flexibility index (Phi) is 6.06. The van der Waals surface area contributed by atoms with Gasteiger partial charge in [0.25, 0.3) is 0 Å². The number of nitrogens with zero attached hydrogens (tertiary/aromatic N) is 3. The van der Waals surface area contributed by atoms with Crippen LogP contribution in [0.2, 0.25) is 0 Å². The van der Waals surface area contributed by atoms with E-state index in [2.05, 4.69) is 42.6 Å². The van der Waals surface area contributed by atoms with Crippen LogP contribution in [0, 0.1) is 0 Å². The topological polar surface area (TPSA) is 109 Å². The van der Waals surface area contributed by atoms with E-state index in [1.165, 1.54) is 0 Å². The molecular formula is C20H27N7O2. The van der Waals surface area contributed by atoms with Gasteiger partial charge in [-0.05, 0) is 31.9 Å². The summed E-state index contributed by atoms with van der Waals surface area (Å²) in [7, 11) is 0. The molecule has 5 rings (SSSR count). The normalized spacial score (nSPS) is 16.2. The molecule has 1 aliphatic heterocycles. The van der Waals surface area contributed by atoms with Crippen LogP contribution in [0.5, 0.6) is 0 Å². The molecule has 154 valence electrons. The number of aryl methyl sites for hydroxylation is 1. The van der Waals surface area contributed by atoms with E-state index in [9.17, 15) is 4.79 Å². The summed E-state index contributed by atoms with van der Waals surface area (Å²) in [6.45, 7) is 6.67. The van der Waals surface area contributed by atoms with Crippen LogP contribution >= 0.6 is 0 Å². The fourth-order valence-corrected chi connectivity index (χ4v) is 3.22. The van der Waals surface area contributed by atoms with Crippen LogP contribution in [0.25, 0.3) is 22.6 Å². The number of urea groups is 1. The van der Waals surface area contributed by atoms with E-state index in [4.69, 9.17) is 4.74 Å². The first-order valence-corrected chi connectivity index (χ1v) is 10.1. The van der Waals surface area contributed by atoms with E-state index in [0.717, 1.165) is 62.5 Å². The van der Waals surface area contributed by atoms with Gasteiger partial charge in [-0.3, -0.25) is 5.10 Å². The summed E-state index contributed by atoms with van der Waals surface area (Å²) in [5.41, 5.74) is 3.25. The standard InChI is InChI=1S/C16H18N6O.C4H9NO/c1-2-22-13-6-4-3-5-11(13)19-15(22)14-12(9-17-21-14)20-16(23)18-10-7-8-10;1-3-6-4-2-5-1/h3-6,9-10H,2,7-8H2,1H3,(H,17,21)(H2,18,20,23);5H,1-4H2. The van der Waals surface area contributed by atoms with E-state index >= 15 is 0 Å². The minimum atomic E-state index is -0.200. The monoisotopic (exact) mass is 397 g/mol. The molecule has 0 spiro atoms. The summed E-state index contributed by atoms with van der Waals surface area (Å²) >= 11 is 0. The van der Waals surface area contributed by atoms with Crippen molar-refractivity contribution in [3.05, 3.63) is 30.5 Å². The molecule has 3 heterocycles. The van der Waals surface area contributed by atoms with E-state index in [-0.39, 0.29) is 6.03 Å². The maximum atomic E-state index is 12.0. The third-order valence-corrected chi connectivity index (χ3v) is 4.83. The van der Waals surface area contributed by atoms with Crippen molar-refractivity contribution in [1.29, 1.82) is 0 Å². The molecule has 3 aromatic rings. The third kappa shape index (κ3) is 4.75. The molecule has 0 bridgehead atoms. The van der Waals surface area contributed by atoms with Crippen molar-refractivity contribution >= 4 is 22.8 Å². The number of rotatable bonds is 4. The van der Waals surface area contributed by atoms with Crippen LogP contribution in [-0.4, -0.2) is 58.1 Å². The molecule has 2 fully saturated rings. The Morgan fingerprint density at radius 3 is 2.72 bits per heavy atom. The van der Waals surface area contributed by atoms with Gasteiger partial charge in [0.05, 0.1) is 29.9 Å². The predicted molar refractivity (Wildman–Crippen MR) is 112 cm³/mol. The summed E-state index contributed by atoms with van der Waals surface area (Å²) in [6.07, 6.45) is 3.79. The predicted octanol–water partition coefficient (Wildman–Crippen LogP) is 2.34. The number of aromatic nitrogens is 4. The zero-order valence-electron chi connectivity index (χ0n) is 16.6. The van der Waals surface area contributed by atoms with Crippen molar-refractivity contribution in [3.63, 3.8) is 0 Å². The molecular weight excluding hydrogens is 370 g/mol. The fourth-order valence-electron chi connectivity index (χ4n) is 3.22. The summed E-state index contributed by atoms with van der Waals surface area (Å²) in [6, 6.07) is 8.08. The molecule has 29 heavy (non-hydrogen) atoms. The minimum Gasteiger partial charge on any atom is -0.379 e. The number of anilines is 1. The highest BCUT2D eigenvalue weighted by molar-refractivity contribution is 5.93. The molecule has 0 atom stereocenters. The minimum absolute atomic E-state index is 0.200. The number of ether oxygens (including phenoxy) is 1. The highest BCUT2D eigenvalue weighted by Gasteiger charge is 2.24.